The van der Waals surface area contributed by atoms with Gasteiger partial charge in [-0.15, -0.1) is 0 Å². The molecule has 3 aromatic carbocycles. The average Bonchev–Trinajstić information content (AvgIpc) is 3.19. The monoisotopic (exact) mass is 474 g/mol. The molecule has 1 aliphatic rings. The van der Waals surface area contributed by atoms with Crippen molar-refractivity contribution in [2.24, 2.45) is 0 Å². The van der Waals surface area contributed by atoms with Crippen molar-refractivity contribution in [1.82, 2.24) is 10.2 Å². The van der Waals surface area contributed by atoms with E-state index in [1.807, 2.05) is 48.5 Å². The highest BCUT2D eigenvalue weighted by atomic mass is 16.5. The second-order valence-electron chi connectivity index (χ2n) is 8.19. The number of carboxylic acids is 1. The number of benzene rings is 3. The molecule has 8 heteroatoms. The summed E-state index contributed by atoms with van der Waals surface area (Å²) < 4.78 is 5.58. The number of carbonyl (C=O) groups excluding carboxylic acids is 2. The van der Waals surface area contributed by atoms with Gasteiger partial charge in [0.1, 0.15) is 19.2 Å². The Bertz CT molecular complexity index is 1170. The number of rotatable bonds is 9. The third kappa shape index (κ3) is 5.33. The van der Waals surface area contributed by atoms with E-state index in [0.717, 1.165) is 27.2 Å². The van der Waals surface area contributed by atoms with Gasteiger partial charge in [0, 0.05) is 12.5 Å². The minimum atomic E-state index is -1.22. The van der Waals surface area contributed by atoms with Gasteiger partial charge in [-0.25, -0.2) is 4.79 Å². The fraction of sp³-hybridized carbons (Fsp3) is 0.222. The number of carboxylic acid groups (broad SMARTS) is 1. The highest BCUT2D eigenvalue weighted by molar-refractivity contribution is 5.89. The molecule has 1 unspecified atom stereocenters. The summed E-state index contributed by atoms with van der Waals surface area (Å²) in [4.78, 5) is 38.2. The van der Waals surface area contributed by atoms with Crippen LogP contribution in [0.15, 0.2) is 78.9 Å². The molecule has 0 saturated heterocycles. The normalized spacial score (nSPS) is 12.8. The third-order valence-corrected chi connectivity index (χ3v) is 5.99. The Balaban J connectivity index is 1.51. The molecule has 3 N–H and O–H groups in total. The second kappa shape index (κ2) is 10.8. The fourth-order valence-electron chi connectivity index (χ4n) is 4.42. The van der Waals surface area contributed by atoms with E-state index in [1.165, 1.54) is 0 Å². The van der Waals surface area contributed by atoms with Crippen LogP contribution in [0.5, 0.6) is 0 Å². The van der Waals surface area contributed by atoms with E-state index in [1.54, 1.807) is 30.3 Å². The number of aliphatic hydroxyl groups is 1. The lowest BCUT2D eigenvalue weighted by Crippen LogP contribution is -2.46. The number of nitrogens with one attached hydrogen (secondary N) is 1. The van der Waals surface area contributed by atoms with Gasteiger partial charge in [0.2, 0.25) is 0 Å². The topological polar surface area (TPSA) is 116 Å². The number of hydrogen-bond donors (Lipinski definition) is 3. The first-order chi connectivity index (χ1) is 17.0. The van der Waals surface area contributed by atoms with Gasteiger partial charge in [-0.2, -0.15) is 0 Å². The summed E-state index contributed by atoms with van der Waals surface area (Å²) in [6.45, 7) is -1.12. The van der Waals surface area contributed by atoms with Crippen LogP contribution in [0.4, 0.5) is 4.79 Å². The summed E-state index contributed by atoms with van der Waals surface area (Å²) in [7, 11) is 0. The molecular formula is C27H26N2O6. The van der Waals surface area contributed by atoms with Crippen LogP contribution in [-0.2, 0) is 14.3 Å². The predicted octanol–water partition coefficient (Wildman–Crippen LogP) is 3.17. The van der Waals surface area contributed by atoms with E-state index in [-0.39, 0.29) is 19.1 Å². The average molecular weight is 475 g/mol. The molecular weight excluding hydrogens is 448 g/mol. The Labute approximate surface area is 202 Å². The number of fused-ring (bicyclic) bond motifs is 3. The van der Waals surface area contributed by atoms with Crippen LogP contribution in [-0.4, -0.2) is 59.4 Å². The number of aliphatic carboxylic acids is 1. The van der Waals surface area contributed by atoms with Crippen molar-refractivity contribution in [3.05, 3.63) is 95.6 Å². The van der Waals surface area contributed by atoms with E-state index in [4.69, 9.17) is 4.74 Å². The molecule has 1 aliphatic carbocycles. The Morgan fingerprint density at radius 2 is 1.46 bits per heavy atom. The molecule has 0 bridgehead atoms. The van der Waals surface area contributed by atoms with E-state index >= 15 is 0 Å². The van der Waals surface area contributed by atoms with Crippen molar-refractivity contribution in [3.63, 3.8) is 0 Å². The molecule has 0 radical (unpaired) electrons. The molecule has 35 heavy (non-hydrogen) atoms. The lowest BCUT2D eigenvalue weighted by Gasteiger charge is -2.26. The molecule has 1 atom stereocenters. The smallest absolute Gasteiger partial charge is 0.408 e. The number of carbonyl (C=O) groups is 3. The van der Waals surface area contributed by atoms with E-state index in [0.29, 0.717) is 5.56 Å². The maximum absolute atomic E-state index is 13.2. The maximum Gasteiger partial charge on any atom is 0.408 e. The van der Waals surface area contributed by atoms with Gasteiger partial charge in [-0.05, 0) is 27.8 Å². The predicted molar refractivity (Wildman–Crippen MR) is 129 cm³/mol. The van der Waals surface area contributed by atoms with Gasteiger partial charge >= 0.3 is 12.1 Å². The number of ether oxygens (including phenoxy) is 1. The third-order valence-electron chi connectivity index (χ3n) is 5.99. The summed E-state index contributed by atoms with van der Waals surface area (Å²) >= 11 is 0. The minimum Gasteiger partial charge on any atom is -0.480 e. The van der Waals surface area contributed by atoms with Crippen LogP contribution >= 0.6 is 0 Å². The first-order valence-corrected chi connectivity index (χ1v) is 11.3. The van der Waals surface area contributed by atoms with Gasteiger partial charge in [-0.3, -0.25) is 9.59 Å². The van der Waals surface area contributed by atoms with Gasteiger partial charge in [0.15, 0.2) is 0 Å². The zero-order valence-corrected chi connectivity index (χ0v) is 19.0. The van der Waals surface area contributed by atoms with Crippen molar-refractivity contribution in [2.75, 3.05) is 26.3 Å². The standard InChI is InChI=1S/C27H26N2O6/c30-15-14-29(16-24(31)32)26(33)25(18-8-2-1-3-9-18)28-27(34)35-17-23-21-12-6-4-10-19(21)20-11-5-7-13-22(20)23/h1-13,23,25,30H,14-17H2,(H,28,34)(H,31,32). The summed E-state index contributed by atoms with van der Waals surface area (Å²) in [6, 6.07) is 23.3. The largest absolute Gasteiger partial charge is 0.480 e. The van der Waals surface area contributed by atoms with Gasteiger partial charge in [-0.1, -0.05) is 78.9 Å². The fourth-order valence-corrected chi connectivity index (χ4v) is 4.42. The quantitative estimate of drug-likeness (QED) is 0.439. The Morgan fingerprint density at radius 1 is 0.886 bits per heavy atom. The van der Waals surface area contributed by atoms with Crippen LogP contribution in [0.1, 0.15) is 28.7 Å². The number of amides is 2. The highest BCUT2D eigenvalue weighted by Crippen LogP contribution is 2.44. The Hall–Kier alpha value is -4.17. The molecule has 0 aromatic heterocycles. The summed E-state index contributed by atoms with van der Waals surface area (Å²) in [5, 5.41) is 21.1. The number of hydrogen-bond acceptors (Lipinski definition) is 5. The zero-order valence-electron chi connectivity index (χ0n) is 19.0. The van der Waals surface area contributed by atoms with Crippen LogP contribution < -0.4 is 5.32 Å². The van der Waals surface area contributed by atoms with E-state index in [9.17, 15) is 24.6 Å². The molecule has 0 fully saturated rings. The Kier molecular flexibility index (Phi) is 7.42. The van der Waals surface area contributed by atoms with Crippen LogP contribution in [0, 0.1) is 0 Å². The van der Waals surface area contributed by atoms with Crippen molar-refractivity contribution in [2.45, 2.75) is 12.0 Å². The molecule has 8 nitrogen and oxygen atoms in total. The molecule has 0 aliphatic heterocycles. The lowest BCUT2D eigenvalue weighted by atomic mass is 9.98. The van der Waals surface area contributed by atoms with Gasteiger partial charge in [0.25, 0.3) is 5.91 Å². The number of alkyl carbamates (subject to hydrolysis) is 1. The van der Waals surface area contributed by atoms with Crippen LogP contribution in [0.2, 0.25) is 0 Å². The molecule has 0 saturated carbocycles. The Morgan fingerprint density at radius 3 is 2.03 bits per heavy atom. The minimum absolute atomic E-state index is 0.0744. The van der Waals surface area contributed by atoms with Crippen molar-refractivity contribution in [1.29, 1.82) is 0 Å². The zero-order chi connectivity index (χ0) is 24.8. The first kappa shape index (κ1) is 24.0. The molecule has 0 heterocycles. The van der Waals surface area contributed by atoms with E-state index in [2.05, 4.69) is 5.32 Å². The van der Waals surface area contributed by atoms with E-state index < -0.39 is 37.2 Å². The molecule has 4 rings (SSSR count). The molecule has 2 amide bonds. The highest BCUT2D eigenvalue weighted by Gasteiger charge is 2.31. The van der Waals surface area contributed by atoms with Crippen LogP contribution in [0.25, 0.3) is 11.1 Å². The molecule has 3 aromatic rings. The SMILES string of the molecule is O=C(O)CN(CCO)C(=O)C(NC(=O)OCC1c2ccccc2-c2ccccc21)c1ccccc1. The van der Waals surface area contributed by atoms with Crippen molar-refractivity contribution in [3.8, 4) is 11.1 Å². The lowest BCUT2D eigenvalue weighted by molar-refractivity contribution is -0.145. The second-order valence-corrected chi connectivity index (χ2v) is 8.19. The maximum atomic E-state index is 13.2. The summed E-state index contributed by atoms with van der Waals surface area (Å²) in [6.07, 6.45) is -0.798. The summed E-state index contributed by atoms with van der Waals surface area (Å²) in [5.74, 6) is -2.02. The summed E-state index contributed by atoms with van der Waals surface area (Å²) in [5.41, 5.74) is 4.80. The number of nitrogens with zero attached hydrogens (tertiary/aromatic N) is 1. The van der Waals surface area contributed by atoms with Gasteiger partial charge < -0.3 is 25.2 Å². The number of aliphatic hydroxyl groups excluding tert-OH is 1. The van der Waals surface area contributed by atoms with Crippen LogP contribution in [0.3, 0.4) is 0 Å². The molecule has 180 valence electrons. The molecule has 0 spiro atoms. The van der Waals surface area contributed by atoms with Crippen molar-refractivity contribution >= 4 is 18.0 Å². The van der Waals surface area contributed by atoms with Gasteiger partial charge in [0.05, 0.1) is 6.61 Å². The van der Waals surface area contributed by atoms with Crippen molar-refractivity contribution < 1.29 is 29.3 Å². The first-order valence-electron chi connectivity index (χ1n) is 11.3.